The van der Waals surface area contributed by atoms with Gasteiger partial charge in [0.05, 0.1) is 24.3 Å². The minimum absolute atomic E-state index is 0.0162. The highest BCUT2D eigenvalue weighted by molar-refractivity contribution is 9.10. The first-order valence-corrected chi connectivity index (χ1v) is 7.30. The highest BCUT2D eigenvalue weighted by Crippen LogP contribution is 2.42. The van der Waals surface area contributed by atoms with Gasteiger partial charge < -0.3 is 19.7 Å². The third-order valence-corrected chi connectivity index (χ3v) is 3.95. The lowest BCUT2D eigenvalue weighted by atomic mass is 9.98. The van der Waals surface area contributed by atoms with E-state index in [9.17, 15) is 10.2 Å². The van der Waals surface area contributed by atoms with Crippen molar-refractivity contribution in [3.05, 3.63) is 46.4 Å². The molecule has 0 aromatic heterocycles. The molecule has 0 heterocycles. The molecule has 2 rings (SSSR count). The summed E-state index contributed by atoms with van der Waals surface area (Å²) in [5.74, 6) is 0.00441. The SMILES string of the molecule is COCCOCc1c(Br)c(O)cc(O)c1-c1ccccc1. The summed E-state index contributed by atoms with van der Waals surface area (Å²) in [6.45, 7) is 1.19. The van der Waals surface area contributed by atoms with Gasteiger partial charge in [0, 0.05) is 24.3 Å². The lowest BCUT2D eigenvalue weighted by Crippen LogP contribution is -2.03. The van der Waals surface area contributed by atoms with Crippen LogP contribution in [-0.4, -0.2) is 30.5 Å². The normalized spacial score (nSPS) is 10.8. The van der Waals surface area contributed by atoms with E-state index >= 15 is 0 Å². The van der Waals surface area contributed by atoms with Crippen LogP contribution in [0.3, 0.4) is 0 Å². The van der Waals surface area contributed by atoms with Crippen LogP contribution in [0.4, 0.5) is 0 Å². The van der Waals surface area contributed by atoms with Crippen molar-refractivity contribution >= 4 is 15.9 Å². The van der Waals surface area contributed by atoms with Gasteiger partial charge in [-0.1, -0.05) is 30.3 Å². The minimum Gasteiger partial charge on any atom is -0.507 e. The number of phenols is 2. The van der Waals surface area contributed by atoms with Crippen LogP contribution in [-0.2, 0) is 16.1 Å². The van der Waals surface area contributed by atoms with E-state index in [4.69, 9.17) is 9.47 Å². The smallest absolute Gasteiger partial charge is 0.133 e. The molecular weight excluding hydrogens is 336 g/mol. The van der Waals surface area contributed by atoms with Crippen molar-refractivity contribution in [2.24, 2.45) is 0 Å². The van der Waals surface area contributed by atoms with E-state index in [2.05, 4.69) is 15.9 Å². The van der Waals surface area contributed by atoms with Crippen molar-refractivity contribution in [2.45, 2.75) is 6.61 Å². The van der Waals surface area contributed by atoms with Gasteiger partial charge in [0.2, 0.25) is 0 Å². The van der Waals surface area contributed by atoms with E-state index in [1.807, 2.05) is 30.3 Å². The van der Waals surface area contributed by atoms with Crippen molar-refractivity contribution < 1.29 is 19.7 Å². The van der Waals surface area contributed by atoms with Crippen LogP contribution < -0.4 is 0 Å². The predicted octanol–water partition coefficient (Wildman–Crippen LogP) is 3.69. The molecule has 0 amide bonds. The van der Waals surface area contributed by atoms with Gasteiger partial charge in [-0.3, -0.25) is 0 Å². The van der Waals surface area contributed by atoms with E-state index < -0.39 is 0 Å². The highest BCUT2D eigenvalue weighted by atomic mass is 79.9. The number of methoxy groups -OCH3 is 1. The molecule has 0 atom stereocenters. The first-order valence-electron chi connectivity index (χ1n) is 6.50. The Kier molecular flexibility index (Phi) is 5.61. The van der Waals surface area contributed by atoms with Crippen LogP contribution in [0.1, 0.15) is 5.56 Å². The average Bonchev–Trinajstić information content (AvgIpc) is 2.49. The number of ether oxygens (including phenoxy) is 2. The van der Waals surface area contributed by atoms with Crippen molar-refractivity contribution in [3.63, 3.8) is 0 Å². The van der Waals surface area contributed by atoms with Gasteiger partial charge in [0.1, 0.15) is 11.5 Å². The average molecular weight is 353 g/mol. The second kappa shape index (κ2) is 7.45. The number of hydrogen-bond donors (Lipinski definition) is 2. The first-order chi connectivity index (χ1) is 10.1. The monoisotopic (exact) mass is 352 g/mol. The Morgan fingerprint density at radius 1 is 1.05 bits per heavy atom. The molecule has 0 saturated heterocycles. The zero-order chi connectivity index (χ0) is 15.2. The van der Waals surface area contributed by atoms with Crippen LogP contribution in [0.15, 0.2) is 40.9 Å². The molecular formula is C16H17BrO4. The second-order valence-corrected chi connectivity index (χ2v) is 5.29. The third kappa shape index (κ3) is 3.75. The van der Waals surface area contributed by atoms with Crippen molar-refractivity contribution in [3.8, 4) is 22.6 Å². The predicted molar refractivity (Wildman–Crippen MR) is 84.4 cm³/mol. The maximum atomic E-state index is 10.2. The topological polar surface area (TPSA) is 58.9 Å². The third-order valence-electron chi connectivity index (χ3n) is 3.06. The fourth-order valence-corrected chi connectivity index (χ4v) is 2.49. The Labute approximate surface area is 132 Å². The van der Waals surface area contributed by atoms with Crippen LogP contribution in [0.25, 0.3) is 11.1 Å². The van der Waals surface area contributed by atoms with Gasteiger partial charge >= 0.3 is 0 Å². The van der Waals surface area contributed by atoms with Crippen molar-refractivity contribution in [2.75, 3.05) is 20.3 Å². The maximum absolute atomic E-state index is 10.2. The second-order valence-electron chi connectivity index (χ2n) is 4.49. The quantitative estimate of drug-likeness (QED) is 0.778. The molecule has 2 aromatic carbocycles. The molecule has 0 aliphatic carbocycles. The minimum atomic E-state index is -0.0162. The van der Waals surface area contributed by atoms with Gasteiger partial charge in [-0.25, -0.2) is 0 Å². The maximum Gasteiger partial charge on any atom is 0.133 e. The van der Waals surface area contributed by atoms with E-state index in [1.54, 1.807) is 7.11 Å². The molecule has 0 bridgehead atoms. The molecule has 5 heteroatoms. The fraction of sp³-hybridized carbons (Fsp3) is 0.250. The summed E-state index contributed by atoms with van der Waals surface area (Å²) in [5, 5.41) is 20.1. The van der Waals surface area contributed by atoms with Crippen LogP contribution in [0.2, 0.25) is 0 Å². The van der Waals surface area contributed by atoms with Crippen molar-refractivity contribution in [1.29, 1.82) is 0 Å². The van der Waals surface area contributed by atoms with Gasteiger partial charge in [-0.05, 0) is 21.5 Å². The summed E-state index contributed by atoms with van der Waals surface area (Å²) in [6, 6.07) is 10.8. The first kappa shape index (κ1) is 15.8. The summed E-state index contributed by atoms with van der Waals surface area (Å²) in [5.41, 5.74) is 2.22. The Morgan fingerprint density at radius 3 is 2.43 bits per heavy atom. The number of halogens is 1. The summed E-state index contributed by atoms with van der Waals surface area (Å²) in [6.07, 6.45) is 0. The number of benzene rings is 2. The van der Waals surface area contributed by atoms with Crippen molar-refractivity contribution in [1.82, 2.24) is 0 Å². The number of phenolic OH excluding ortho intramolecular Hbond substituents is 2. The Hall–Kier alpha value is -1.56. The molecule has 0 radical (unpaired) electrons. The zero-order valence-electron chi connectivity index (χ0n) is 11.7. The zero-order valence-corrected chi connectivity index (χ0v) is 13.3. The van der Waals surface area contributed by atoms with Gasteiger partial charge in [-0.15, -0.1) is 0 Å². The molecule has 0 spiro atoms. The molecule has 4 nitrogen and oxygen atoms in total. The van der Waals surface area contributed by atoms with Gasteiger partial charge in [0.15, 0.2) is 0 Å². The van der Waals surface area contributed by atoms with E-state index in [0.717, 1.165) is 5.56 Å². The summed E-state index contributed by atoms with van der Waals surface area (Å²) in [4.78, 5) is 0. The Morgan fingerprint density at radius 2 is 1.76 bits per heavy atom. The van der Waals surface area contributed by atoms with E-state index in [0.29, 0.717) is 28.8 Å². The number of aromatic hydroxyl groups is 2. The van der Waals surface area contributed by atoms with Crippen LogP contribution in [0.5, 0.6) is 11.5 Å². The summed E-state index contributed by atoms with van der Waals surface area (Å²) >= 11 is 3.36. The fourth-order valence-electron chi connectivity index (χ4n) is 2.06. The summed E-state index contributed by atoms with van der Waals surface area (Å²) in [7, 11) is 1.61. The number of hydrogen-bond acceptors (Lipinski definition) is 4. The van der Waals surface area contributed by atoms with Crippen LogP contribution >= 0.6 is 15.9 Å². The molecule has 2 aromatic rings. The molecule has 0 saturated carbocycles. The van der Waals surface area contributed by atoms with Crippen LogP contribution in [0, 0.1) is 0 Å². The molecule has 21 heavy (non-hydrogen) atoms. The molecule has 0 unspecified atom stereocenters. The molecule has 0 aliphatic heterocycles. The van der Waals surface area contributed by atoms with E-state index in [-0.39, 0.29) is 18.1 Å². The molecule has 2 N–H and O–H groups in total. The largest absolute Gasteiger partial charge is 0.507 e. The number of rotatable bonds is 6. The Bertz CT molecular complexity index is 599. The standard InChI is InChI=1S/C16H17BrO4/c1-20-7-8-21-10-12-15(11-5-3-2-4-6-11)13(18)9-14(19)16(12)17/h2-6,9,18-19H,7-8,10H2,1H3. The van der Waals surface area contributed by atoms with Gasteiger partial charge in [0.25, 0.3) is 0 Å². The lowest BCUT2D eigenvalue weighted by Gasteiger charge is -2.15. The molecule has 0 aliphatic rings. The highest BCUT2D eigenvalue weighted by Gasteiger charge is 2.17. The molecule has 0 fully saturated rings. The lowest BCUT2D eigenvalue weighted by molar-refractivity contribution is 0.0614. The van der Waals surface area contributed by atoms with Gasteiger partial charge in [-0.2, -0.15) is 0 Å². The van der Waals surface area contributed by atoms with E-state index in [1.165, 1.54) is 6.07 Å². The summed E-state index contributed by atoms with van der Waals surface area (Å²) < 4.78 is 11.0. The Balaban J connectivity index is 2.40. The molecule has 112 valence electrons.